The number of fused-ring (bicyclic) bond motifs is 1. The summed E-state index contributed by atoms with van der Waals surface area (Å²) in [4.78, 5) is 12.2. The van der Waals surface area contributed by atoms with Crippen molar-refractivity contribution in [1.29, 1.82) is 0 Å². The molecule has 0 aliphatic carbocycles. The minimum atomic E-state index is 0.110. The minimum Gasteiger partial charge on any atom is -0.486 e. The first kappa shape index (κ1) is 17.1. The Kier molecular flexibility index (Phi) is 5.61. The normalized spacial score (nSPS) is 23.1. The summed E-state index contributed by atoms with van der Waals surface area (Å²) in [6.45, 7) is 6.80. The molecule has 0 radical (unpaired) electrons. The van der Waals surface area contributed by atoms with Crippen LogP contribution in [0, 0.1) is 11.8 Å². The van der Waals surface area contributed by atoms with Gasteiger partial charge in [0.25, 0.3) is 0 Å². The van der Waals surface area contributed by atoms with E-state index in [1.807, 2.05) is 18.2 Å². The molecule has 0 saturated carbocycles. The van der Waals surface area contributed by atoms with Crippen molar-refractivity contribution in [3.63, 3.8) is 0 Å². The van der Waals surface area contributed by atoms with E-state index in [0.29, 0.717) is 38.0 Å². The molecule has 2 aliphatic heterocycles. The van der Waals surface area contributed by atoms with E-state index in [0.717, 1.165) is 36.5 Å². The summed E-state index contributed by atoms with van der Waals surface area (Å²) >= 11 is 0. The van der Waals surface area contributed by atoms with Crippen LogP contribution in [0.3, 0.4) is 0 Å². The molecule has 1 fully saturated rings. The number of carbonyl (C=O) groups excluding carboxylic acids is 1. The zero-order valence-corrected chi connectivity index (χ0v) is 14.5. The van der Waals surface area contributed by atoms with Crippen LogP contribution in [0.15, 0.2) is 18.2 Å². The quantitative estimate of drug-likeness (QED) is 0.900. The van der Waals surface area contributed by atoms with E-state index in [1.54, 1.807) is 0 Å². The van der Waals surface area contributed by atoms with Gasteiger partial charge in [-0.25, -0.2) is 0 Å². The standard InChI is InChI=1S/C19H27NO4/c1-13(2)17-9-14(5-6-22-17)11-19(21)20-12-15-3-4-16-18(10-15)24-8-7-23-16/h3-4,10,13-14,17H,5-9,11-12H2,1-2H3,(H,20,21)/t14-,17+/m0/s1. The molecule has 0 bridgehead atoms. The van der Waals surface area contributed by atoms with Crippen LogP contribution in [0.5, 0.6) is 11.5 Å². The molecular weight excluding hydrogens is 306 g/mol. The maximum Gasteiger partial charge on any atom is 0.220 e. The van der Waals surface area contributed by atoms with E-state index < -0.39 is 0 Å². The van der Waals surface area contributed by atoms with Gasteiger partial charge in [-0.15, -0.1) is 0 Å². The summed E-state index contributed by atoms with van der Waals surface area (Å²) in [5, 5.41) is 3.02. The summed E-state index contributed by atoms with van der Waals surface area (Å²) in [6, 6.07) is 5.82. The molecule has 0 spiro atoms. The molecule has 5 heteroatoms. The van der Waals surface area contributed by atoms with Gasteiger partial charge in [-0.1, -0.05) is 19.9 Å². The molecular formula is C19H27NO4. The highest BCUT2D eigenvalue weighted by Crippen LogP contribution is 2.31. The first-order valence-electron chi connectivity index (χ1n) is 8.88. The third kappa shape index (κ3) is 4.41. The van der Waals surface area contributed by atoms with Crippen molar-refractivity contribution < 1.29 is 19.0 Å². The zero-order chi connectivity index (χ0) is 16.9. The fourth-order valence-electron chi connectivity index (χ4n) is 3.28. The third-order valence-electron chi connectivity index (χ3n) is 4.74. The molecule has 2 heterocycles. The first-order chi connectivity index (χ1) is 11.6. The maximum atomic E-state index is 12.2. The molecule has 0 unspecified atom stereocenters. The predicted molar refractivity (Wildman–Crippen MR) is 91.2 cm³/mol. The van der Waals surface area contributed by atoms with Crippen molar-refractivity contribution in [3.05, 3.63) is 23.8 Å². The number of hydrogen-bond acceptors (Lipinski definition) is 4. The fourth-order valence-corrected chi connectivity index (χ4v) is 3.28. The van der Waals surface area contributed by atoms with Crippen LogP contribution in [0.4, 0.5) is 0 Å². The number of ether oxygens (including phenoxy) is 3. The Morgan fingerprint density at radius 1 is 1.21 bits per heavy atom. The molecule has 2 atom stereocenters. The van der Waals surface area contributed by atoms with Crippen LogP contribution in [0.25, 0.3) is 0 Å². The van der Waals surface area contributed by atoms with Crippen LogP contribution in [0.2, 0.25) is 0 Å². The number of nitrogens with one attached hydrogen (secondary N) is 1. The van der Waals surface area contributed by atoms with Gasteiger partial charge in [0.1, 0.15) is 13.2 Å². The second kappa shape index (κ2) is 7.88. The van der Waals surface area contributed by atoms with Crippen molar-refractivity contribution in [2.75, 3.05) is 19.8 Å². The summed E-state index contributed by atoms with van der Waals surface area (Å²) in [7, 11) is 0. The van der Waals surface area contributed by atoms with E-state index in [1.165, 1.54) is 0 Å². The smallest absolute Gasteiger partial charge is 0.220 e. The molecule has 24 heavy (non-hydrogen) atoms. The highest BCUT2D eigenvalue weighted by molar-refractivity contribution is 5.76. The number of benzene rings is 1. The summed E-state index contributed by atoms with van der Waals surface area (Å²) in [5.74, 6) is 2.58. The van der Waals surface area contributed by atoms with Gasteiger partial charge in [0.2, 0.25) is 5.91 Å². The van der Waals surface area contributed by atoms with Crippen LogP contribution < -0.4 is 14.8 Å². The average Bonchev–Trinajstić information content (AvgIpc) is 2.60. The van der Waals surface area contributed by atoms with Crippen molar-refractivity contribution in [2.24, 2.45) is 11.8 Å². The Hall–Kier alpha value is -1.75. The van der Waals surface area contributed by atoms with E-state index in [2.05, 4.69) is 19.2 Å². The lowest BCUT2D eigenvalue weighted by Gasteiger charge is -2.31. The first-order valence-corrected chi connectivity index (χ1v) is 8.88. The van der Waals surface area contributed by atoms with Crippen LogP contribution in [-0.4, -0.2) is 31.8 Å². The Balaban J connectivity index is 1.47. The lowest BCUT2D eigenvalue weighted by atomic mass is 9.88. The van der Waals surface area contributed by atoms with Crippen molar-refractivity contribution in [1.82, 2.24) is 5.32 Å². The lowest BCUT2D eigenvalue weighted by molar-refractivity contribution is -0.123. The van der Waals surface area contributed by atoms with Gasteiger partial charge in [-0.05, 0) is 42.4 Å². The number of rotatable bonds is 5. The molecule has 3 rings (SSSR count). The zero-order valence-electron chi connectivity index (χ0n) is 14.5. The third-order valence-corrected chi connectivity index (χ3v) is 4.74. The molecule has 1 aromatic carbocycles. The van der Waals surface area contributed by atoms with E-state index in [9.17, 15) is 4.79 Å². The summed E-state index contributed by atoms with van der Waals surface area (Å²) < 4.78 is 16.9. The van der Waals surface area contributed by atoms with Gasteiger partial charge in [-0.2, -0.15) is 0 Å². The Morgan fingerprint density at radius 2 is 2.00 bits per heavy atom. The van der Waals surface area contributed by atoms with Gasteiger partial charge in [-0.3, -0.25) is 4.79 Å². The largest absolute Gasteiger partial charge is 0.486 e. The SMILES string of the molecule is CC(C)[C@H]1C[C@@H](CC(=O)NCc2ccc3c(c2)OCCO3)CCO1. The fraction of sp³-hybridized carbons (Fsp3) is 0.632. The highest BCUT2D eigenvalue weighted by Gasteiger charge is 2.26. The molecule has 2 aliphatic rings. The molecule has 1 N–H and O–H groups in total. The van der Waals surface area contributed by atoms with Crippen molar-refractivity contribution >= 4 is 5.91 Å². The summed E-state index contributed by atoms with van der Waals surface area (Å²) in [6.07, 6.45) is 2.82. The minimum absolute atomic E-state index is 0.110. The van der Waals surface area contributed by atoms with Gasteiger partial charge in [0.15, 0.2) is 11.5 Å². The van der Waals surface area contributed by atoms with E-state index in [-0.39, 0.29) is 12.0 Å². The Labute approximate surface area is 143 Å². The van der Waals surface area contributed by atoms with Crippen LogP contribution in [-0.2, 0) is 16.1 Å². The molecule has 0 aromatic heterocycles. The highest BCUT2D eigenvalue weighted by atomic mass is 16.6. The molecule has 1 amide bonds. The topological polar surface area (TPSA) is 56.8 Å². The second-order valence-electron chi connectivity index (χ2n) is 7.00. The van der Waals surface area contributed by atoms with Crippen LogP contribution in [0.1, 0.15) is 38.7 Å². The van der Waals surface area contributed by atoms with Crippen molar-refractivity contribution in [3.8, 4) is 11.5 Å². The predicted octanol–water partition coefficient (Wildman–Crippen LogP) is 2.92. The summed E-state index contributed by atoms with van der Waals surface area (Å²) in [5.41, 5.74) is 1.03. The number of carbonyl (C=O) groups is 1. The molecule has 132 valence electrons. The van der Waals surface area contributed by atoms with E-state index in [4.69, 9.17) is 14.2 Å². The lowest BCUT2D eigenvalue weighted by Crippen LogP contribution is -2.33. The van der Waals surface area contributed by atoms with Gasteiger partial charge in [0.05, 0.1) is 6.10 Å². The monoisotopic (exact) mass is 333 g/mol. The second-order valence-corrected chi connectivity index (χ2v) is 7.00. The van der Waals surface area contributed by atoms with Gasteiger partial charge in [0, 0.05) is 19.6 Å². The van der Waals surface area contributed by atoms with Gasteiger partial charge >= 0.3 is 0 Å². The number of hydrogen-bond donors (Lipinski definition) is 1. The Bertz CT molecular complexity index is 572. The van der Waals surface area contributed by atoms with E-state index >= 15 is 0 Å². The maximum absolute atomic E-state index is 12.2. The molecule has 1 saturated heterocycles. The van der Waals surface area contributed by atoms with Crippen LogP contribution >= 0.6 is 0 Å². The molecule has 5 nitrogen and oxygen atoms in total. The average molecular weight is 333 g/mol. The van der Waals surface area contributed by atoms with Gasteiger partial charge < -0.3 is 19.5 Å². The van der Waals surface area contributed by atoms with Crippen molar-refractivity contribution in [2.45, 2.75) is 45.8 Å². The molecule has 1 aromatic rings. The Morgan fingerprint density at radius 3 is 2.79 bits per heavy atom. The number of amides is 1.